The molecule has 2 saturated heterocycles. The third-order valence-electron chi connectivity index (χ3n) is 6.27. The highest BCUT2D eigenvalue weighted by Crippen LogP contribution is 2.35. The number of fused-ring (bicyclic) bond motifs is 1. The van der Waals surface area contributed by atoms with Crippen molar-refractivity contribution < 1.29 is 27.5 Å². The first kappa shape index (κ1) is 22.6. The van der Waals surface area contributed by atoms with Gasteiger partial charge in [-0.1, -0.05) is 12.2 Å². The zero-order chi connectivity index (χ0) is 22.9. The summed E-state index contributed by atoms with van der Waals surface area (Å²) in [5.74, 6) is -1.26. The number of allylic oxidation sites excluding steroid dienone is 2. The molecule has 0 unspecified atom stereocenters. The molecule has 1 aromatic rings. The van der Waals surface area contributed by atoms with Crippen LogP contribution in [0, 0.1) is 11.8 Å². The molecule has 2 fully saturated rings. The fourth-order valence-corrected chi connectivity index (χ4v) is 5.87. The second-order valence-electron chi connectivity index (χ2n) is 8.17. The Bertz CT molecular complexity index is 1000. The number of carbonyl (C=O) groups is 3. The predicted molar refractivity (Wildman–Crippen MR) is 115 cm³/mol. The lowest BCUT2D eigenvalue weighted by molar-refractivity contribution is -0.142. The molecule has 0 aromatic heterocycles. The van der Waals surface area contributed by atoms with E-state index in [2.05, 4.69) is 0 Å². The van der Waals surface area contributed by atoms with Crippen molar-refractivity contribution in [3.8, 4) is 0 Å². The minimum atomic E-state index is -3.71. The Balaban J connectivity index is 1.35. The summed E-state index contributed by atoms with van der Waals surface area (Å²) >= 11 is 0. The number of sulfonamides is 1. The molecule has 2 amide bonds. The first-order valence-corrected chi connectivity index (χ1v) is 12.3. The van der Waals surface area contributed by atoms with Crippen LogP contribution in [-0.4, -0.2) is 79.8 Å². The number of rotatable bonds is 6. The second-order valence-corrected chi connectivity index (χ2v) is 10.1. The van der Waals surface area contributed by atoms with Crippen molar-refractivity contribution in [1.29, 1.82) is 0 Å². The smallest absolute Gasteiger partial charge is 0.338 e. The quantitative estimate of drug-likeness (QED) is 0.355. The van der Waals surface area contributed by atoms with Crippen LogP contribution in [0.15, 0.2) is 41.3 Å². The molecular formula is C22H27N3O6S. The van der Waals surface area contributed by atoms with Gasteiger partial charge in [-0.3, -0.25) is 19.4 Å². The molecular weight excluding hydrogens is 434 g/mol. The fraction of sp³-hybridized carbons (Fsp3) is 0.500. The van der Waals surface area contributed by atoms with Gasteiger partial charge in [-0.15, -0.1) is 0 Å². The molecule has 0 N–H and O–H groups in total. The molecule has 4 rings (SSSR count). The number of benzene rings is 1. The van der Waals surface area contributed by atoms with E-state index in [0.717, 1.165) is 0 Å². The van der Waals surface area contributed by atoms with Gasteiger partial charge in [0, 0.05) is 26.2 Å². The molecule has 0 saturated carbocycles. The van der Waals surface area contributed by atoms with Crippen LogP contribution in [0.5, 0.6) is 0 Å². The van der Waals surface area contributed by atoms with Gasteiger partial charge >= 0.3 is 5.97 Å². The second kappa shape index (κ2) is 9.13. The number of esters is 1. The summed E-state index contributed by atoms with van der Waals surface area (Å²) in [6.07, 6.45) is 5.12. The van der Waals surface area contributed by atoms with Crippen molar-refractivity contribution in [3.05, 3.63) is 42.0 Å². The molecule has 2 heterocycles. The van der Waals surface area contributed by atoms with E-state index in [0.29, 0.717) is 31.5 Å². The maximum atomic E-state index is 13.0. The Labute approximate surface area is 187 Å². The third-order valence-corrected chi connectivity index (χ3v) is 8.19. The maximum absolute atomic E-state index is 13.0. The van der Waals surface area contributed by atoms with Crippen LogP contribution in [0.2, 0.25) is 0 Å². The molecule has 0 spiro atoms. The molecule has 0 bridgehead atoms. The van der Waals surface area contributed by atoms with E-state index >= 15 is 0 Å². The molecule has 3 aliphatic rings. The van der Waals surface area contributed by atoms with Crippen LogP contribution in [0.3, 0.4) is 0 Å². The standard InChI is InChI=1S/C22H27N3O6S/c1-2-31-22(28)16-7-9-17(10-8-16)32(29,30)24-13-11-23(12-14-24)15-25-20(26)18-5-3-4-6-19(18)21(25)27/h3-4,7-10,18-19H,2,5-6,11-15H2,1H3/t18-,19-/m0/s1. The Kier molecular flexibility index (Phi) is 6.45. The number of likely N-dealkylation sites (tertiary alicyclic amines) is 1. The van der Waals surface area contributed by atoms with Gasteiger partial charge in [-0.05, 0) is 44.0 Å². The summed E-state index contributed by atoms with van der Waals surface area (Å²) in [4.78, 5) is 40.5. The van der Waals surface area contributed by atoms with Crippen LogP contribution in [0.4, 0.5) is 0 Å². The lowest BCUT2D eigenvalue weighted by Gasteiger charge is -2.35. The summed E-state index contributed by atoms with van der Waals surface area (Å²) in [6.45, 7) is 3.51. The zero-order valence-corrected chi connectivity index (χ0v) is 18.8. The first-order chi connectivity index (χ1) is 15.3. The summed E-state index contributed by atoms with van der Waals surface area (Å²) in [6, 6.07) is 5.71. The van der Waals surface area contributed by atoms with Gasteiger partial charge in [-0.2, -0.15) is 4.31 Å². The summed E-state index contributed by atoms with van der Waals surface area (Å²) < 4.78 is 32.3. The molecule has 2 aliphatic heterocycles. The van der Waals surface area contributed by atoms with Gasteiger partial charge in [0.1, 0.15) is 0 Å². The van der Waals surface area contributed by atoms with Gasteiger partial charge in [0.25, 0.3) is 0 Å². The first-order valence-electron chi connectivity index (χ1n) is 10.8. The fourth-order valence-electron chi connectivity index (χ4n) is 4.45. The third kappa shape index (κ3) is 4.22. The van der Waals surface area contributed by atoms with Crippen molar-refractivity contribution in [2.24, 2.45) is 11.8 Å². The minimum absolute atomic E-state index is 0.112. The van der Waals surface area contributed by atoms with Crippen molar-refractivity contribution in [2.75, 3.05) is 39.5 Å². The molecule has 1 aromatic carbocycles. The van der Waals surface area contributed by atoms with Gasteiger partial charge in [0.05, 0.1) is 35.6 Å². The van der Waals surface area contributed by atoms with E-state index in [1.165, 1.54) is 33.5 Å². The number of amides is 2. The number of hydrogen-bond acceptors (Lipinski definition) is 7. The van der Waals surface area contributed by atoms with Crippen LogP contribution < -0.4 is 0 Å². The summed E-state index contributed by atoms with van der Waals surface area (Å²) in [7, 11) is -3.71. The van der Waals surface area contributed by atoms with Gasteiger partial charge < -0.3 is 4.74 Å². The SMILES string of the molecule is CCOC(=O)c1ccc(S(=O)(=O)N2CCN(CN3C(=O)[C@H]4CC=CC[C@@H]4C3=O)CC2)cc1. The number of imide groups is 1. The topological polar surface area (TPSA) is 104 Å². The number of carbonyl (C=O) groups excluding carboxylic acids is 3. The van der Waals surface area contributed by atoms with E-state index in [1.54, 1.807) is 6.92 Å². The zero-order valence-electron chi connectivity index (χ0n) is 18.0. The monoisotopic (exact) mass is 461 g/mol. The molecule has 10 heteroatoms. The highest BCUT2D eigenvalue weighted by molar-refractivity contribution is 7.89. The van der Waals surface area contributed by atoms with Crippen molar-refractivity contribution in [3.63, 3.8) is 0 Å². The van der Waals surface area contributed by atoms with Crippen molar-refractivity contribution >= 4 is 27.8 Å². The summed E-state index contributed by atoms with van der Waals surface area (Å²) in [5, 5.41) is 0. The lowest BCUT2D eigenvalue weighted by atomic mass is 9.85. The average molecular weight is 462 g/mol. The Morgan fingerprint density at radius 3 is 2.06 bits per heavy atom. The number of piperazine rings is 1. The normalized spacial score (nSPS) is 24.6. The average Bonchev–Trinajstić information content (AvgIpc) is 3.05. The largest absolute Gasteiger partial charge is 0.462 e. The molecule has 32 heavy (non-hydrogen) atoms. The highest BCUT2D eigenvalue weighted by Gasteiger charge is 2.47. The Morgan fingerprint density at radius 2 is 1.53 bits per heavy atom. The van der Waals surface area contributed by atoms with Crippen molar-refractivity contribution in [1.82, 2.24) is 14.1 Å². The number of hydrogen-bond donors (Lipinski definition) is 0. The van der Waals surface area contributed by atoms with E-state index in [9.17, 15) is 22.8 Å². The highest BCUT2D eigenvalue weighted by atomic mass is 32.2. The molecule has 1 aliphatic carbocycles. The Hall–Kier alpha value is -2.56. The summed E-state index contributed by atoms with van der Waals surface area (Å²) in [5.41, 5.74) is 0.298. The molecule has 9 nitrogen and oxygen atoms in total. The van der Waals surface area contributed by atoms with Crippen molar-refractivity contribution in [2.45, 2.75) is 24.7 Å². The van der Waals surface area contributed by atoms with Crippen LogP contribution in [0.25, 0.3) is 0 Å². The minimum Gasteiger partial charge on any atom is -0.462 e. The lowest BCUT2D eigenvalue weighted by Crippen LogP contribution is -2.52. The van der Waals surface area contributed by atoms with Gasteiger partial charge in [0.2, 0.25) is 21.8 Å². The maximum Gasteiger partial charge on any atom is 0.338 e. The van der Waals surface area contributed by atoms with Crippen LogP contribution >= 0.6 is 0 Å². The molecule has 2 atom stereocenters. The Morgan fingerprint density at radius 1 is 0.969 bits per heavy atom. The number of ether oxygens (including phenoxy) is 1. The van der Waals surface area contributed by atoms with Crippen LogP contribution in [0.1, 0.15) is 30.1 Å². The van der Waals surface area contributed by atoms with Gasteiger partial charge in [-0.25, -0.2) is 13.2 Å². The van der Waals surface area contributed by atoms with E-state index < -0.39 is 16.0 Å². The van der Waals surface area contributed by atoms with E-state index in [1.807, 2.05) is 17.1 Å². The molecule has 172 valence electrons. The predicted octanol–water partition coefficient (Wildman–Crippen LogP) is 1.08. The van der Waals surface area contributed by atoms with Gasteiger partial charge in [0.15, 0.2) is 0 Å². The molecule has 0 radical (unpaired) electrons. The number of nitrogens with zero attached hydrogens (tertiary/aromatic N) is 3. The van der Waals surface area contributed by atoms with E-state index in [-0.39, 0.29) is 54.9 Å². The van der Waals surface area contributed by atoms with Crippen LogP contribution in [-0.2, 0) is 24.3 Å². The van der Waals surface area contributed by atoms with E-state index in [4.69, 9.17) is 4.74 Å².